The van der Waals surface area contributed by atoms with E-state index >= 15 is 0 Å². The number of morpholine rings is 1. The quantitative estimate of drug-likeness (QED) is 0.502. The molecule has 5 heterocycles. The van der Waals surface area contributed by atoms with Gasteiger partial charge in [-0.2, -0.15) is 0 Å². The van der Waals surface area contributed by atoms with Crippen molar-refractivity contribution in [3.63, 3.8) is 0 Å². The Kier molecular flexibility index (Phi) is 4.77. The fourth-order valence-corrected chi connectivity index (χ4v) is 5.08. The van der Waals surface area contributed by atoms with E-state index in [0.717, 1.165) is 59.3 Å². The van der Waals surface area contributed by atoms with Crippen LogP contribution in [0.15, 0.2) is 65.8 Å². The molecular weight excluding hydrogens is 424 g/mol. The van der Waals surface area contributed by atoms with E-state index in [1.54, 1.807) is 10.6 Å². The molecule has 7 heteroatoms. The minimum atomic E-state index is -0.0503. The number of aromatic nitrogens is 3. The van der Waals surface area contributed by atoms with Gasteiger partial charge in [0.05, 0.1) is 30.6 Å². The number of rotatable bonds is 4. The summed E-state index contributed by atoms with van der Waals surface area (Å²) < 4.78 is 7.67. The van der Waals surface area contributed by atoms with Crippen molar-refractivity contribution in [3.05, 3.63) is 82.0 Å². The van der Waals surface area contributed by atoms with Crippen molar-refractivity contribution >= 4 is 28.3 Å². The molecule has 1 aromatic carbocycles. The van der Waals surface area contributed by atoms with Crippen molar-refractivity contribution in [2.45, 2.75) is 31.6 Å². The Morgan fingerprint density at radius 1 is 1.12 bits per heavy atom. The van der Waals surface area contributed by atoms with E-state index < -0.39 is 0 Å². The van der Waals surface area contributed by atoms with Crippen molar-refractivity contribution in [2.75, 3.05) is 18.0 Å². The van der Waals surface area contributed by atoms with Gasteiger partial charge in [-0.3, -0.25) is 4.79 Å². The summed E-state index contributed by atoms with van der Waals surface area (Å²) in [4.78, 5) is 23.1. The Labute approximate surface area is 190 Å². The van der Waals surface area contributed by atoms with Gasteiger partial charge in [0, 0.05) is 47.5 Å². The van der Waals surface area contributed by atoms with Gasteiger partial charge < -0.3 is 19.2 Å². The van der Waals surface area contributed by atoms with Crippen LogP contribution in [0.25, 0.3) is 22.2 Å². The van der Waals surface area contributed by atoms with Gasteiger partial charge in [-0.1, -0.05) is 23.7 Å². The van der Waals surface area contributed by atoms with Gasteiger partial charge in [0.1, 0.15) is 5.65 Å². The fourth-order valence-electron chi connectivity index (χ4n) is 4.87. The van der Waals surface area contributed by atoms with E-state index in [-0.39, 0.29) is 5.56 Å². The molecule has 0 spiro atoms. The van der Waals surface area contributed by atoms with Crippen LogP contribution < -0.4 is 10.5 Å². The highest BCUT2D eigenvalue weighted by molar-refractivity contribution is 6.30. The maximum atomic E-state index is 12.8. The Bertz CT molecular complexity index is 1350. The maximum Gasteiger partial charge on any atom is 0.251 e. The highest BCUT2D eigenvalue weighted by Gasteiger charge is 2.34. The lowest BCUT2D eigenvalue weighted by atomic mass is 10.1. The molecule has 6 nitrogen and oxygen atoms in total. The third kappa shape index (κ3) is 3.59. The second-order valence-electron chi connectivity index (χ2n) is 8.67. The summed E-state index contributed by atoms with van der Waals surface area (Å²) in [5.41, 5.74) is 4.73. The lowest BCUT2D eigenvalue weighted by Crippen LogP contribution is -2.42. The third-order valence-electron chi connectivity index (χ3n) is 6.47. The van der Waals surface area contributed by atoms with Crippen molar-refractivity contribution < 1.29 is 4.74 Å². The van der Waals surface area contributed by atoms with E-state index in [4.69, 9.17) is 16.3 Å². The number of nitrogens with zero attached hydrogens (tertiary/aromatic N) is 3. The largest absolute Gasteiger partial charge is 0.371 e. The summed E-state index contributed by atoms with van der Waals surface area (Å²) in [5.74, 6) is 0. The van der Waals surface area contributed by atoms with Crippen molar-refractivity contribution in [1.29, 1.82) is 0 Å². The fraction of sp³-hybridized carbons (Fsp3) is 0.280. The van der Waals surface area contributed by atoms with Crippen LogP contribution in [-0.4, -0.2) is 39.8 Å². The molecule has 2 saturated heterocycles. The Morgan fingerprint density at radius 2 is 1.97 bits per heavy atom. The van der Waals surface area contributed by atoms with Gasteiger partial charge in [0.2, 0.25) is 0 Å². The van der Waals surface area contributed by atoms with Crippen molar-refractivity contribution in [3.8, 4) is 11.1 Å². The molecular formula is C25H23ClN4O2. The predicted molar refractivity (Wildman–Crippen MR) is 126 cm³/mol. The SMILES string of the molecule is O=c1cc(-c2c[nH]c3ncc(N4CC5CCC(C4)O5)cc23)ccn1Cc1cccc(Cl)c1. The van der Waals surface area contributed by atoms with Crippen LogP contribution in [-0.2, 0) is 11.3 Å². The number of anilines is 1. The number of pyridine rings is 2. The number of nitrogens with one attached hydrogen (secondary N) is 1. The zero-order valence-electron chi connectivity index (χ0n) is 17.5. The summed E-state index contributed by atoms with van der Waals surface area (Å²) in [6.45, 7) is 2.30. The second-order valence-corrected chi connectivity index (χ2v) is 9.10. The maximum absolute atomic E-state index is 12.8. The number of fused-ring (bicyclic) bond motifs is 3. The molecule has 2 unspecified atom stereocenters. The van der Waals surface area contributed by atoms with Crippen molar-refractivity contribution in [1.82, 2.24) is 14.5 Å². The molecule has 4 aromatic rings. The number of ether oxygens (including phenoxy) is 1. The van der Waals surface area contributed by atoms with Crippen LogP contribution in [0.5, 0.6) is 0 Å². The molecule has 6 rings (SSSR count). The van der Waals surface area contributed by atoms with E-state index in [2.05, 4.69) is 20.9 Å². The summed E-state index contributed by atoms with van der Waals surface area (Å²) in [6, 6.07) is 13.4. The molecule has 0 saturated carbocycles. The number of hydrogen-bond donors (Lipinski definition) is 1. The first-order valence-corrected chi connectivity index (χ1v) is 11.3. The second kappa shape index (κ2) is 7.80. The smallest absolute Gasteiger partial charge is 0.251 e. The molecule has 2 fully saturated rings. The van der Waals surface area contributed by atoms with Gasteiger partial charge in [0.25, 0.3) is 5.56 Å². The molecule has 32 heavy (non-hydrogen) atoms. The summed E-state index contributed by atoms with van der Waals surface area (Å²) >= 11 is 6.08. The molecule has 0 amide bonds. The number of aromatic amines is 1. The first-order chi connectivity index (χ1) is 15.6. The lowest BCUT2D eigenvalue weighted by molar-refractivity contribution is 0.0305. The molecule has 1 N–H and O–H groups in total. The van der Waals surface area contributed by atoms with Gasteiger partial charge in [-0.15, -0.1) is 0 Å². The standard InChI is InChI=1S/C25H23ClN4O2/c26-18-3-1-2-16(8-18)13-29-7-6-17(9-24(29)31)23-12-28-25-22(23)10-19(11-27-25)30-14-20-4-5-21(15-30)32-20/h1-3,6-12,20-21H,4-5,13-15H2,(H,27,28). The molecule has 0 aliphatic carbocycles. The number of halogens is 1. The lowest BCUT2D eigenvalue weighted by Gasteiger charge is -2.33. The van der Waals surface area contributed by atoms with Gasteiger partial charge in [0.15, 0.2) is 0 Å². The van der Waals surface area contributed by atoms with Gasteiger partial charge >= 0.3 is 0 Å². The molecule has 162 valence electrons. The normalized spacial score (nSPS) is 20.2. The highest BCUT2D eigenvalue weighted by Crippen LogP contribution is 2.33. The van der Waals surface area contributed by atoms with Crippen LogP contribution >= 0.6 is 11.6 Å². The predicted octanol–water partition coefficient (Wildman–Crippen LogP) is 4.46. The molecule has 2 aliphatic heterocycles. The number of H-pyrrole nitrogens is 1. The van der Waals surface area contributed by atoms with Crippen LogP contribution in [0.3, 0.4) is 0 Å². The monoisotopic (exact) mass is 446 g/mol. The zero-order chi connectivity index (χ0) is 21.7. The summed E-state index contributed by atoms with van der Waals surface area (Å²) in [7, 11) is 0. The van der Waals surface area contributed by atoms with E-state index in [1.807, 2.05) is 48.9 Å². The van der Waals surface area contributed by atoms with Gasteiger partial charge in [-0.05, 0) is 48.2 Å². The van der Waals surface area contributed by atoms with E-state index in [0.29, 0.717) is 23.8 Å². The van der Waals surface area contributed by atoms with Crippen molar-refractivity contribution in [2.24, 2.45) is 0 Å². The molecule has 2 aliphatic rings. The Morgan fingerprint density at radius 3 is 2.75 bits per heavy atom. The molecule has 3 aromatic heterocycles. The first-order valence-electron chi connectivity index (χ1n) is 11.0. The van der Waals surface area contributed by atoms with Crippen LogP contribution in [0.4, 0.5) is 5.69 Å². The van der Waals surface area contributed by atoms with Crippen LogP contribution in [0, 0.1) is 0 Å². The summed E-state index contributed by atoms with van der Waals surface area (Å²) in [5, 5.41) is 1.69. The van der Waals surface area contributed by atoms with E-state index in [9.17, 15) is 4.79 Å². The highest BCUT2D eigenvalue weighted by atomic mass is 35.5. The zero-order valence-corrected chi connectivity index (χ0v) is 18.3. The van der Waals surface area contributed by atoms with Gasteiger partial charge in [-0.25, -0.2) is 4.98 Å². The van der Waals surface area contributed by atoms with E-state index in [1.165, 1.54) is 0 Å². The topological polar surface area (TPSA) is 63.1 Å². The number of hydrogen-bond acceptors (Lipinski definition) is 4. The number of benzene rings is 1. The average Bonchev–Trinajstić information content (AvgIpc) is 3.37. The average molecular weight is 447 g/mol. The Hall–Kier alpha value is -3.09. The molecule has 2 bridgehead atoms. The minimum absolute atomic E-state index is 0.0503. The van der Waals surface area contributed by atoms with Crippen LogP contribution in [0.2, 0.25) is 5.02 Å². The Balaban J connectivity index is 1.32. The van der Waals surface area contributed by atoms with Crippen LogP contribution in [0.1, 0.15) is 18.4 Å². The first kappa shape index (κ1) is 19.6. The molecule has 2 atom stereocenters. The minimum Gasteiger partial charge on any atom is -0.371 e. The third-order valence-corrected chi connectivity index (χ3v) is 6.71. The molecule has 0 radical (unpaired) electrons. The summed E-state index contributed by atoms with van der Waals surface area (Å²) in [6.07, 6.45) is 8.62.